The van der Waals surface area contributed by atoms with E-state index in [0.29, 0.717) is 6.42 Å². The lowest BCUT2D eigenvalue weighted by Gasteiger charge is -2.22. The van der Waals surface area contributed by atoms with Crippen LogP contribution in [-0.4, -0.2) is 29.4 Å². The molecule has 1 aromatic rings. The Kier molecular flexibility index (Phi) is 7.67. The van der Waals surface area contributed by atoms with E-state index < -0.39 is 11.7 Å². The highest BCUT2D eigenvalue weighted by molar-refractivity contribution is 5.68. The Morgan fingerprint density at radius 2 is 1.95 bits per heavy atom. The summed E-state index contributed by atoms with van der Waals surface area (Å²) in [6.07, 6.45) is 6.08. The number of ether oxygens (including phenoxy) is 1. The van der Waals surface area contributed by atoms with Gasteiger partial charge in [-0.1, -0.05) is 42.5 Å². The molecule has 122 valence electrons. The standard InChI is InChI=1S/C18H27NO3/c1-18(2,3)22-17(21)19-16(14-20)13-9-5-8-12-15-10-6-4-7-11-15/h4-7,9-11,16,20H,8,12-14H2,1-3H3,(H,19,21)/t16-/m0/s1. The monoisotopic (exact) mass is 305 g/mol. The van der Waals surface area contributed by atoms with E-state index in [1.807, 2.05) is 45.0 Å². The van der Waals surface area contributed by atoms with Gasteiger partial charge < -0.3 is 15.2 Å². The van der Waals surface area contributed by atoms with Gasteiger partial charge in [0.2, 0.25) is 0 Å². The van der Waals surface area contributed by atoms with E-state index in [1.165, 1.54) is 5.56 Å². The molecular formula is C18H27NO3. The fraction of sp³-hybridized carbons (Fsp3) is 0.500. The van der Waals surface area contributed by atoms with E-state index in [-0.39, 0.29) is 12.6 Å². The number of nitrogens with one attached hydrogen (secondary N) is 1. The predicted molar refractivity (Wildman–Crippen MR) is 88.8 cm³/mol. The first-order chi connectivity index (χ1) is 10.4. The lowest BCUT2D eigenvalue weighted by atomic mass is 10.1. The maximum Gasteiger partial charge on any atom is 0.407 e. The van der Waals surface area contributed by atoms with Crippen LogP contribution in [0.3, 0.4) is 0 Å². The first-order valence-corrected chi connectivity index (χ1v) is 7.70. The maximum absolute atomic E-state index is 11.6. The van der Waals surface area contributed by atoms with Crippen molar-refractivity contribution in [2.24, 2.45) is 0 Å². The van der Waals surface area contributed by atoms with Gasteiger partial charge in [0.15, 0.2) is 0 Å². The van der Waals surface area contributed by atoms with Crippen LogP contribution in [0, 0.1) is 0 Å². The van der Waals surface area contributed by atoms with Crippen LogP contribution in [0.25, 0.3) is 0 Å². The maximum atomic E-state index is 11.6. The van der Waals surface area contributed by atoms with Crippen molar-refractivity contribution in [3.8, 4) is 0 Å². The molecule has 0 aliphatic rings. The van der Waals surface area contributed by atoms with Crippen molar-refractivity contribution in [2.75, 3.05) is 6.61 Å². The third kappa shape index (κ3) is 8.47. The number of hydrogen-bond donors (Lipinski definition) is 2. The molecule has 0 radical (unpaired) electrons. The molecule has 22 heavy (non-hydrogen) atoms. The van der Waals surface area contributed by atoms with Crippen molar-refractivity contribution in [3.63, 3.8) is 0 Å². The van der Waals surface area contributed by atoms with Crippen LogP contribution in [0.4, 0.5) is 4.79 Å². The third-order valence-corrected chi connectivity index (χ3v) is 2.97. The first kappa shape index (κ1) is 18.2. The molecule has 0 heterocycles. The average molecular weight is 305 g/mol. The van der Waals surface area contributed by atoms with Gasteiger partial charge in [0.25, 0.3) is 0 Å². The van der Waals surface area contributed by atoms with Crippen LogP contribution < -0.4 is 5.32 Å². The van der Waals surface area contributed by atoms with Gasteiger partial charge in [0.05, 0.1) is 12.6 Å². The van der Waals surface area contributed by atoms with Crippen LogP contribution in [0.5, 0.6) is 0 Å². The highest BCUT2D eigenvalue weighted by Crippen LogP contribution is 2.07. The molecule has 0 saturated heterocycles. The number of amides is 1. The first-order valence-electron chi connectivity index (χ1n) is 7.70. The minimum absolute atomic E-state index is 0.109. The fourth-order valence-corrected chi connectivity index (χ4v) is 1.93. The molecule has 1 rings (SSSR count). The Hall–Kier alpha value is -1.81. The summed E-state index contributed by atoms with van der Waals surface area (Å²) in [5, 5.41) is 12.0. The van der Waals surface area contributed by atoms with Crippen molar-refractivity contribution < 1.29 is 14.6 Å². The van der Waals surface area contributed by atoms with E-state index in [9.17, 15) is 9.90 Å². The second-order valence-electron chi connectivity index (χ2n) is 6.26. The van der Waals surface area contributed by atoms with Crippen molar-refractivity contribution in [1.29, 1.82) is 0 Å². The Morgan fingerprint density at radius 1 is 1.27 bits per heavy atom. The Balaban J connectivity index is 2.28. The minimum atomic E-state index is -0.532. The molecule has 0 aliphatic carbocycles. The normalized spacial score (nSPS) is 13.1. The van der Waals surface area contributed by atoms with Gasteiger partial charge in [-0.05, 0) is 45.6 Å². The number of aryl methyl sites for hydroxylation is 1. The highest BCUT2D eigenvalue weighted by atomic mass is 16.6. The summed E-state index contributed by atoms with van der Waals surface area (Å²) in [6, 6.07) is 9.97. The number of hydrogen-bond acceptors (Lipinski definition) is 3. The molecule has 0 saturated carbocycles. The number of aliphatic hydroxyl groups excluding tert-OH is 1. The second kappa shape index (κ2) is 9.26. The summed E-state index contributed by atoms with van der Waals surface area (Å²) in [5.74, 6) is 0. The van der Waals surface area contributed by atoms with Crippen molar-refractivity contribution in [3.05, 3.63) is 48.0 Å². The number of benzene rings is 1. The van der Waals surface area contributed by atoms with Crippen molar-refractivity contribution >= 4 is 6.09 Å². The topological polar surface area (TPSA) is 58.6 Å². The van der Waals surface area contributed by atoms with Gasteiger partial charge >= 0.3 is 6.09 Å². The molecule has 0 unspecified atom stereocenters. The Labute approximate surface area is 133 Å². The Bertz CT molecular complexity index is 463. The summed E-state index contributed by atoms with van der Waals surface area (Å²) in [5.41, 5.74) is 0.771. The third-order valence-electron chi connectivity index (χ3n) is 2.97. The van der Waals surface area contributed by atoms with Crippen LogP contribution in [0.1, 0.15) is 39.2 Å². The van der Waals surface area contributed by atoms with Crippen molar-refractivity contribution in [1.82, 2.24) is 5.32 Å². The van der Waals surface area contributed by atoms with Crippen LogP contribution in [0.15, 0.2) is 42.5 Å². The number of carbonyl (C=O) groups is 1. The number of carbonyl (C=O) groups excluding carboxylic acids is 1. The zero-order chi connectivity index (χ0) is 16.4. The van der Waals surface area contributed by atoms with E-state index in [2.05, 4.69) is 23.5 Å². The molecule has 1 aromatic carbocycles. The molecule has 4 nitrogen and oxygen atoms in total. The van der Waals surface area contributed by atoms with Gasteiger partial charge in [-0.3, -0.25) is 0 Å². The summed E-state index contributed by atoms with van der Waals surface area (Å²) < 4.78 is 5.17. The molecule has 0 bridgehead atoms. The number of aliphatic hydroxyl groups is 1. The SMILES string of the molecule is CC(C)(C)OC(=O)N[C@H](CO)CC=CCCc1ccccc1. The Morgan fingerprint density at radius 3 is 2.55 bits per heavy atom. The second-order valence-corrected chi connectivity index (χ2v) is 6.26. The average Bonchev–Trinajstić information content (AvgIpc) is 2.44. The molecule has 0 aliphatic heterocycles. The quantitative estimate of drug-likeness (QED) is 0.759. The summed E-state index contributed by atoms with van der Waals surface area (Å²) >= 11 is 0. The molecular weight excluding hydrogens is 278 g/mol. The van der Waals surface area contributed by atoms with Gasteiger partial charge in [0, 0.05) is 0 Å². The summed E-state index contributed by atoms with van der Waals surface area (Å²) in [7, 11) is 0. The molecule has 0 spiro atoms. The summed E-state index contributed by atoms with van der Waals surface area (Å²) in [4.78, 5) is 11.6. The molecule has 4 heteroatoms. The lowest BCUT2D eigenvalue weighted by molar-refractivity contribution is 0.0483. The molecule has 0 fully saturated rings. The zero-order valence-corrected chi connectivity index (χ0v) is 13.7. The van der Waals surface area contributed by atoms with Crippen LogP contribution in [-0.2, 0) is 11.2 Å². The molecule has 1 atom stereocenters. The largest absolute Gasteiger partial charge is 0.444 e. The van der Waals surface area contributed by atoms with Crippen LogP contribution >= 0.6 is 0 Å². The van der Waals surface area contributed by atoms with Gasteiger partial charge in [-0.15, -0.1) is 0 Å². The smallest absolute Gasteiger partial charge is 0.407 e. The zero-order valence-electron chi connectivity index (χ0n) is 13.7. The van der Waals surface area contributed by atoms with E-state index >= 15 is 0 Å². The summed E-state index contributed by atoms with van der Waals surface area (Å²) in [6.45, 7) is 5.32. The molecule has 1 amide bonds. The van der Waals surface area contributed by atoms with E-state index in [4.69, 9.17) is 4.74 Å². The highest BCUT2D eigenvalue weighted by Gasteiger charge is 2.18. The van der Waals surface area contributed by atoms with Gasteiger partial charge in [-0.25, -0.2) is 4.79 Å². The predicted octanol–water partition coefficient (Wildman–Crippen LogP) is 3.45. The minimum Gasteiger partial charge on any atom is -0.444 e. The number of alkyl carbamates (subject to hydrolysis) is 1. The fourth-order valence-electron chi connectivity index (χ4n) is 1.93. The van der Waals surface area contributed by atoms with E-state index in [1.54, 1.807) is 0 Å². The van der Waals surface area contributed by atoms with Gasteiger partial charge in [-0.2, -0.15) is 0 Å². The van der Waals surface area contributed by atoms with Gasteiger partial charge in [0.1, 0.15) is 5.60 Å². The number of rotatable bonds is 7. The van der Waals surface area contributed by atoms with E-state index in [0.717, 1.165) is 12.8 Å². The molecule has 2 N–H and O–H groups in total. The van der Waals surface area contributed by atoms with Crippen LogP contribution in [0.2, 0.25) is 0 Å². The molecule has 0 aromatic heterocycles. The number of allylic oxidation sites excluding steroid dienone is 1. The van der Waals surface area contributed by atoms with Crippen molar-refractivity contribution in [2.45, 2.75) is 51.7 Å². The lowest BCUT2D eigenvalue weighted by Crippen LogP contribution is -2.40.